The number of amides is 2. The first kappa shape index (κ1) is 19.1. The van der Waals surface area contributed by atoms with Crippen LogP contribution in [0.2, 0.25) is 0 Å². The van der Waals surface area contributed by atoms with Crippen LogP contribution in [-0.4, -0.2) is 78.2 Å². The lowest BCUT2D eigenvalue weighted by molar-refractivity contribution is -0.121. The number of carbonyl (C=O) groups is 2. The lowest BCUT2D eigenvalue weighted by atomic mass is 9.83. The summed E-state index contributed by atoms with van der Waals surface area (Å²) in [4.78, 5) is 31.7. The number of hydrogen-bond donors (Lipinski definition) is 5. The van der Waals surface area contributed by atoms with Gasteiger partial charge in [-0.2, -0.15) is 0 Å². The Balaban J connectivity index is 0.000000236. The standard InChI is InChI=1S/C9H13BN4O3.C5H10N2O/c15-8-1-3-14(4-2-11-8)9-12-5-7(6-13-9)10(16)17;8-5-1-2-6-3-4-7-5/h5-6,16-17H,1-4H2,(H,11,15);6H,1-4H2,(H,7,8). The zero-order valence-electron chi connectivity index (χ0n) is 13.9. The molecule has 2 fully saturated rings. The Morgan fingerprint density at radius 1 is 0.920 bits per heavy atom. The molecule has 3 rings (SSSR count). The smallest absolute Gasteiger partial charge is 0.423 e. The number of aromatic nitrogens is 2. The van der Waals surface area contributed by atoms with E-state index in [1.54, 1.807) is 0 Å². The first-order chi connectivity index (χ1) is 12.1. The molecule has 10 nitrogen and oxygen atoms in total. The molecule has 2 aliphatic rings. The molecular formula is C14H23BN6O4. The van der Waals surface area contributed by atoms with E-state index in [1.807, 2.05) is 4.90 Å². The second-order valence-electron chi connectivity index (χ2n) is 5.63. The van der Waals surface area contributed by atoms with Crippen LogP contribution in [0, 0.1) is 0 Å². The van der Waals surface area contributed by atoms with Crippen LogP contribution in [-0.2, 0) is 9.59 Å². The summed E-state index contributed by atoms with van der Waals surface area (Å²) in [5.74, 6) is 0.677. The van der Waals surface area contributed by atoms with E-state index in [2.05, 4.69) is 25.9 Å². The molecule has 0 aromatic carbocycles. The van der Waals surface area contributed by atoms with Gasteiger partial charge in [0.2, 0.25) is 17.8 Å². The highest BCUT2D eigenvalue weighted by molar-refractivity contribution is 6.58. The molecule has 2 amide bonds. The molecule has 0 spiro atoms. The topological polar surface area (TPSA) is 140 Å². The van der Waals surface area contributed by atoms with Crippen LogP contribution in [0.5, 0.6) is 0 Å². The molecule has 136 valence electrons. The third-order valence-electron chi connectivity index (χ3n) is 3.70. The molecule has 11 heteroatoms. The van der Waals surface area contributed by atoms with E-state index in [-0.39, 0.29) is 17.3 Å². The molecule has 0 bridgehead atoms. The molecule has 2 saturated heterocycles. The van der Waals surface area contributed by atoms with E-state index < -0.39 is 7.12 Å². The number of rotatable bonds is 2. The number of nitrogens with one attached hydrogen (secondary N) is 3. The van der Waals surface area contributed by atoms with E-state index in [1.165, 1.54) is 12.4 Å². The van der Waals surface area contributed by atoms with Crippen molar-refractivity contribution in [2.75, 3.05) is 44.2 Å². The predicted octanol–water partition coefficient (Wildman–Crippen LogP) is -3.42. The third-order valence-corrected chi connectivity index (χ3v) is 3.70. The summed E-state index contributed by atoms with van der Waals surface area (Å²) in [5, 5.41) is 26.4. The molecule has 5 N–H and O–H groups in total. The molecule has 0 aliphatic carbocycles. The van der Waals surface area contributed by atoms with E-state index in [9.17, 15) is 9.59 Å². The molecule has 25 heavy (non-hydrogen) atoms. The van der Waals surface area contributed by atoms with Gasteiger partial charge in [0.25, 0.3) is 0 Å². The van der Waals surface area contributed by atoms with Gasteiger partial charge in [0.05, 0.1) is 0 Å². The van der Waals surface area contributed by atoms with Crippen molar-refractivity contribution in [3.63, 3.8) is 0 Å². The number of anilines is 1. The summed E-state index contributed by atoms with van der Waals surface area (Å²) < 4.78 is 0. The fraction of sp³-hybridized carbons (Fsp3) is 0.571. The van der Waals surface area contributed by atoms with Crippen molar-refractivity contribution in [1.29, 1.82) is 0 Å². The quantitative estimate of drug-likeness (QED) is 0.348. The van der Waals surface area contributed by atoms with Gasteiger partial charge in [-0.05, 0) is 0 Å². The number of carbonyl (C=O) groups excluding carboxylic acids is 2. The molecule has 1 aromatic rings. The molecular weight excluding hydrogens is 327 g/mol. The van der Waals surface area contributed by atoms with Crippen molar-refractivity contribution in [2.24, 2.45) is 0 Å². The summed E-state index contributed by atoms with van der Waals surface area (Å²) in [6.45, 7) is 4.28. The highest BCUT2D eigenvalue weighted by atomic mass is 16.4. The molecule has 3 heterocycles. The zero-order valence-corrected chi connectivity index (χ0v) is 13.9. The van der Waals surface area contributed by atoms with Crippen molar-refractivity contribution < 1.29 is 19.6 Å². The minimum Gasteiger partial charge on any atom is -0.423 e. The van der Waals surface area contributed by atoms with Crippen LogP contribution in [0.25, 0.3) is 0 Å². The number of hydrogen-bond acceptors (Lipinski definition) is 8. The van der Waals surface area contributed by atoms with Gasteiger partial charge in [0.15, 0.2) is 0 Å². The largest absolute Gasteiger partial charge is 0.491 e. The Morgan fingerprint density at radius 3 is 2.32 bits per heavy atom. The van der Waals surface area contributed by atoms with Gasteiger partial charge in [0, 0.05) is 70.0 Å². The van der Waals surface area contributed by atoms with E-state index >= 15 is 0 Å². The van der Waals surface area contributed by atoms with Crippen molar-refractivity contribution in [1.82, 2.24) is 25.9 Å². The Morgan fingerprint density at radius 2 is 1.60 bits per heavy atom. The van der Waals surface area contributed by atoms with Crippen molar-refractivity contribution in [2.45, 2.75) is 12.8 Å². The molecule has 2 aliphatic heterocycles. The summed E-state index contributed by atoms with van der Waals surface area (Å²) in [6.07, 6.45) is 3.77. The predicted molar refractivity (Wildman–Crippen MR) is 92.2 cm³/mol. The van der Waals surface area contributed by atoms with Gasteiger partial charge in [-0.25, -0.2) is 9.97 Å². The van der Waals surface area contributed by atoms with Crippen molar-refractivity contribution in [3.8, 4) is 0 Å². The molecule has 0 unspecified atom stereocenters. The second kappa shape index (κ2) is 9.92. The summed E-state index contributed by atoms with van der Waals surface area (Å²) >= 11 is 0. The van der Waals surface area contributed by atoms with Crippen LogP contribution in [0.1, 0.15) is 12.8 Å². The summed E-state index contributed by atoms with van der Waals surface area (Å²) in [6, 6.07) is 0. The zero-order chi connectivity index (χ0) is 18.1. The van der Waals surface area contributed by atoms with Gasteiger partial charge in [-0.1, -0.05) is 0 Å². The lowest BCUT2D eigenvalue weighted by Gasteiger charge is -2.18. The Kier molecular flexibility index (Phi) is 7.57. The van der Waals surface area contributed by atoms with Crippen LogP contribution in [0.4, 0.5) is 5.95 Å². The SMILES string of the molecule is O=C1CCN(c2ncc(B(O)O)cn2)CCN1.O=C1CCNCCN1. The maximum Gasteiger partial charge on any atom is 0.491 e. The Hall–Kier alpha value is -2.24. The summed E-state index contributed by atoms with van der Waals surface area (Å²) in [5.41, 5.74) is 0.248. The molecule has 0 saturated carbocycles. The van der Waals surface area contributed by atoms with Crippen molar-refractivity contribution >= 4 is 30.3 Å². The van der Waals surface area contributed by atoms with Gasteiger partial charge in [-0.3, -0.25) is 9.59 Å². The van der Waals surface area contributed by atoms with Gasteiger partial charge < -0.3 is 30.9 Å². The fourth-order valence-corrected chi connectivity index (χ4v) is 2.30. The molecule has 1 aromatic heterocycles. The highest BCUT2D eigenvalue weighted by Gasteiger charge is 2.17. The van der Waals surface area contributed by atoms with Crippen LogP contribution >= 0.6 is 0 Å². The third kappa shape index (κ3) is 6.65. The fourth-order valence-electron chi connectivity index (χ4n) is 2.30. The lowest BCUT2D eigenvalue weighted by Crippen LogP contribution is -2.33. The van der Waals surface area contributed by atoms with E-state index in [0.717, 1.165) is 19.6 Å². The maximum atomic E-state index is 11.2. The minimum atomic E-state index is -1.56. The number of nitrogens with zero attached hydrogens (tertiary/aromatic N) is 3. The van der Waals surface area contributed by atoms with E-state index in [4.69, 9.17) is 10.0 Å². The van der Waals surface area contributed by atoms with Crippen LogP contribution < -0.4 is 26.3 Å². The maximum absolute atomic E-state index is 11.2. The Labute approximate surface area is 146 Å². The van der Waals surface area contributed by atoms with Gasteiger partial charge >= 0.3 is 7.12 Å². The van der Waals surface area contributed by atoms with Crippen LogP contribution in [0.3, 0.4) is 0 Å². The first-order valence-electron chi connectivity index (χ1n) is 8.23. The summed E-state index contributed by atoms with van der Waals surface area (Å²) in [7, 11) is -1.56. The molecule has 0 radical (unpaired) electrons. The minimum absolute atomic E-state index is 0.0231. The Bertz CT molecular complexity index is 561. The van der Waals surface area contributed by atoms with Crippen LogP contribution in [0.15, 0.2) is 12.4 Å². The normalized spacial score (nSPS) is 18.1. The molecule has 0 atom stereocenters. The average molecular weight is 350 g/mol. The van der Waals surface area contributed by atoms with Crippen molar-refractivity contribution in [3.05, 3.63) is 12.4 Å². The monoisotopic (exact) mass is 350 g/mol. The van der Waals surface area contributed by atoms with E-state index in [0.29, 0.717) is 38.4 Å². The highest BCUT2D eigenvalue weighted by Crippen LogP contribution is 2.06. The second-order valence-corrected chi connectivity index (χ2v) is 5.63. The average Bonchev–Trinajstić information content (AvgIpc) is 2.98. The van der Waals surface area contributed by atoms with Gasteiger partial charge in [0.1, 0.15) is 0 Å². The first-order valence-corrected chi connectivity index (χ1v) is 8.23. The van der Waals surface area contributed by atoms with Gasteiger partial charge in [-0.15, -0.1) is 0 Å².